The van der Waals surface area contributed by atoms with Crippen LogP contribution in [-0.2, 0) is 4.74 Å². The molecule has 0 heterocycles. The zero-order chi connectivity index (χ0) is 31.2. The van der Waals surface area contributed by atoms with E-state index in [2.05, 4.69) is 9.47 Å². The largest absolute Gasteiger partial charge is 0.518 e. The van der Waals surface area contributed by atoms with Gasteiger partial charge >= 0.3 is 47.8 Å². The number of carbonyl (C=O) groups is 1. The van der Waals surface area contributed by atoms with Gasteiger partial charge in [-0.1, -0.05) is 13.8 Å². The molecule has 1 rings (SSSR count). The summed E-state index contributed by atoms with van der Waals surface area (Å²) in [6.07, 6.45) is -18.4. The van der Waals surface area contributed by atoms with Crippen molar-refractivity contribution >= 4 is 17.5 Å². The quantitative estimate of drug-likeness (QED) is 0.0911. The molecule has 1 unspecified atom stereocenters. The van der Waals surface area contributed by atoms with E-state index in [0.29, 0.717) is 6.07 Å². The first-order chi connectivity index (χ1) is 17.2. The predicted octanol–water partition coefficient (Wildman–Crippen LogP) is 7.23. The lowest BCUT2D eigenvalue weighted by atomic mass is 9.96. The maximum absolute atomic E-state index is 13.8. The standard InChI is InChI=1S/C17H11F13N2O7/c1-3-6(2)8-4-7(31(34)35)5-9(32(36)37)10(8)38-11(33)39-17(29,30)15(24,25)13(20,21)12(18,19)14(22,23)16(26,27)28/h4-6H,3H2,1-2H3. The van der Waals surface area contributed by atoms with E-state index in [4.69, 9.17) is 0 Å². The molecule has 0 fully saturated rings. The van der Waals surface area contributed by atoms with Gasteiger partial charge in [0, 0.05) is 11.6 Å². The maximum atomic E-state index is 13.8. The molecule has 0 aliphatic rings. The van der Waals surface area contributed by atoms with E-state index in [1.807, 2.05) is 0 Å². The van der Waals surface area contributed by atoms with E-state index < -0.39 is 80.6 Å². The molecule has 0 aliphatic heterocycles. The molecule has 0 aliphatic carbocycles. The molecule has 0 radical (unpaired) electrons. The van der Waals surface area contributed by atoms with E-state index in [1.54, 1.807) is 0 Å². The lowest BCUT2D eigenvalue weighted by Crippen LogP contribution is -2.70. The number of nitro benzene ring substituents is 2. The number of non-ortho nitro benzene ring substituents is 1. The highest BCUT2D eigenvalue weighted by atomic mass is 19.4. The molecule has 22 heteroatoms. The number of ether oxygens (including phenoxy) is 2. The molecular weight excluding hydrogens is 591 g/mol. The third kappa shape index (κ3) is 5.58. The summed E-state index contributed by atoms with van der Waals surface area (Å²) >= 11 is 0. The second-order valence-electron chi connectivity index (χ2n) is 7.47. The fourth-order valence-corrected chi connectivity index (χ4v) is 2.59. The molecule has 39 heavy (non-hydrogen) atoms. The molecule has 0 aromatic heterocycles. The Bertz CT molecular complexity index is 1140. The minimum absolute atomic E-state index is 0.0646. The third-order valence-electron chi connectivity index (χ3n) is 4.94. The van der Waals surface area contributed by atoms with E-state index in [1.165, 1.54) is 6.92 Å². The summed E-state index contributed by atoms with van der Waals surface area (Å²) in [6, 6.07) is 0.541. The van der Waals surface area contributed by atoms with Crippen molar-refractivity contribution in [2.24, 2.45) is 0 Å². The van der Waals surface area contributed by atoms with Crippen LogP contribution in [0.5, 0.6) is 5.75 Å². The molecule has 1 aromatic carbocycles. The Balaban J connectivity index is 3.56. The SMILES string of the molecule is CCC(C)c1cc([N+](=O)[O-])cc([N+](=O)[O-])c1OC(=O)OC(F)(F)C(F)(F)C(F)(F)C(F)(F)C(F)(F)C(F)(F)F. The van der Waals surface area contributed by atoms with Crippen LogP contribution in [0.3, 0.4) is 0 Å². The molecule has 9 nitrogen and oxygen atoms in total. The van der Waals surface area contributed by atoms with Crippen LogP contribution in [0.2, 0.25) is 0 Å². The van der Waals surface area contributed by atoms with Gasteiger partial charge in [0.05, 0.1) is 15.9 Å². The normalized spacial score (nSPS) is 14.5. The van der Waals surface area contributed by atoms with Crippen LogP contribution in [-0.4, -0.2) is 52.0 Å². The second kappa shape index (κ2) is 10.2. The fourth-order valence-electron chi connectivity index (χ4n) is 2.59. The van der Waals surface area contributed by atoms with Crippen molar-refractivity contribution in [3.8, 4) is 5.75 Å². The highest BCUT2D eigenvalue weighted by Crippen LogP contribution is 2.60. The van der Waals surface area contributed by atoms with Crippen LogP contribution in [0, 0.1) is 20.2 Å². The highest BCUT2D eigenvalue weighted by molar-refractivity contribution is 5.70. The lowest BCUT2D eigenvalue weighted by molar-refractivity contribution is -0.460. The zero-order valence-corrected chi connectivity index (χ0v) is 18.6. The van der Waals surface area contributed by atoms with Gasteiger partial charge in [0.15, 0.2) is 0 Å². The van der Waals surface area contributed by atoms with E-state index in [0.717, 1.165) is 6.92 Å². The average molecular weight is 602 g/mol. The average Bonchev–Trinajstić information content (AvgIpc) is 2.76. The van der Waals surface area contributed by atoms with Crippen LogP contribution in [0.15, 0.2) is 12.1 Å². The van der Waals surface area contributed by atoms with Crippen molar-refractivity contribution in [1.82, 2.24) is 0 Å². The number of nitro groups is 2. The monoisotopic (exact) mass is 602 g/mol. The Morgan fingerprint density at radius 1 is 0.821 bits per heavy atom. The predicted molar refractivity (Wildman–Crippen MR) is 96.4 cm³/mol. The minimum Gasteiger partial charge on any atom is -0.387 e. The third-order valence-corrected chi connectivity index (χ3v) is 4.94. The summed E-state index contributed by atoms with van der Waals surface area (Å²) in [5.41, 5.74) is -3.35. The second-order valence-corrected chi connectivity index (χ2v) is 7.47. The first kappa shape index (κ1) is 33.4. The number of hydrogen-bond donors (Lipinski definition) is 0. The maximum Gasteiger partial charge on any atom is 0.518 e. The Kier molecular flexibility index (Phi) is 8.71. The number of halogens is 13. The van der Waals surface area contributed by atoms with Gasteiger partial charge < -0.3 is 9.47 Å². The first-order valence-corrected chi connectivity index (χ1v) is 9.54. The van der Waals surface area contributed by atoms with Crippen LogP contribution in [0.4, 0.5) is 73.2 Å². The van der Waals surface area contributed by atoms with Crippen LogP contribution in [0.1, 0.15) is 31.7 Å². The summed E-state index contributed by atoms with van der Waals surface area (Å²) in [7, 11) is 0. The number of benzene rings is 1. The van der Waals surface area contributed by atoms with Gasteiger partial charge in [0.25, 0.3) is 5.69 Å². The number of carbonyl (C=O) groups excluding carboxylic acids is 1. The molecule has 0 spiro atoms. The minimum atomic E-state index is -8.27. The molecule has 1 aromatic rings. The molecule has 222 valence electrons. The van der Waals surface area contributed by atoms with Crippen molar-refractivity contribution < 1.29 is 81.2 Å². The Morgan fingerprint density at radius 2 is 1.28 bits per heavy atom. The van der Waals surface area contributed by atoms with Crippen molar-refractivity contribution in [2.45, 2.75) is 62.2 Å². The van der Waals surface area contributed by atoms with Crippen LogP contribution in [0.25, 0.3) is 0 Å². The summed E-state index contributed by atoms with van der Waals surface area (Å²) in [6.45, 7) is 2.47. The van der Waals surface area contributed by atoms with Gasteiger partial charge in [0.2, 0.25) is 5.75 Å². The van der Waals surface area contributed by atoms with Gasteiger partial charge in [-0.3, -0.25) is 20.2 Å². The fraction of sp³-hybridized carbons (Fsp3) is 0.588. The van der Waals surface area contributed by atoms with Gasteiger partial charge in [-0.05, 0) is 12.3 Å². The van der Waals surface area contributed by atoms with Crippen molar-refractivity contribution in [1.29, 1.82) is 0 Å². The smallest absolute Gasteiger partial charge is 0.387 e. The van der Waals surface area contributed by atoms with Crippen LogP contribution >= 0.6 is 0 Å². The summed E-state index contributed by atoms with van der Waals surface area (Å²) in [4.78, 5) is 31.2. The molecule has 0 N–H and O–H groups in total. The molecule has 0 bridgehead atoms. The molecule has 0 amide bonds. The molecule has 0 saturated carbocycles. The Morgan fingerprint density at radius 3 is 1.67 bits per heavy atom. The van der Waals surface area contributed by atoms with Gasteiger partial charge in [-0.2, -0.15) is 57.1 Å². The van der Waals surface area contributed by atoms with Crippen molar-refractivity contribution in [2.75, 3.05) is 0 Å². The Hall–Kier alpha value is -3.62. The summed E-state index contributed by atoms with van der Waals surface area (Å²) in [5.74, 6) is -35.2. The number of rotatable bonds is 10. The molecule has 0 saturated heterocycles. The zero-order valence-electron chi connectivity index (χ0n) is 18.6. The van der Waals surface area contributed by atoms with Crippen molar-refractivity contribution in [3.05, 3.63) is 37.9 Å². The number of nitrogens with zero attached hydrogens (tertiary/aromatic N) is 2. The van der Waals surface area contributed by atoms with Gasteiger partial charge in [-0.25, -0.2) is 4.79 Å². The van der Waals surface area contributed by atoms with Crippen molar-refractivity contribution in [3.63, 3.8) is 0 Å². The van der Waals surface area contributed by atoms with Gasteiger partial charge in [-0.15, -0.1) is 0 Å². The number of hydrogen-bond acceptors (Lipinski definition) is 7. The number of alkyl halides is 13. The van der Waals surface area contributed by atoms with E-state index in [9.17, 15) is 82.1 Å². The summed E-state index contributed by atoms with van der Waals surface area (Å²) in [5, 5.41) is 22.2. The van der Waals surface area contributed by atoms with E-state index >= 15 is 0 Å². The van der Waals surface area contributed by atoms with Crippen LogP contribution < -0.4 is 4.74 Å². The topological polar surface area (TPSA) is 122 Å². The Labute approximate surface area is 205 Å². The van der Waals surface area contributed by atoms with Gasteiger partial charge in [0.1, 0.15) is 0 Å². The highest BCUT2D eigenvalue weighted by Gasteiger charge is 2.92. The lowest BCUT2D eigenvalue weighted by Gasteiger charge is -2.38. The summed E-state index contributed by atoms with van der Waals surface area (Å²) < 4.78 is 177. The molecule has 1 atom stereocenters. The molecular formula is C17H11F13N2O7. The first-order valence-electron chi connectivity index (χ1n) is 9.54. The van der Waals surface area contributed by atoms with E-state index in [-0.39, 0.29) is 12.5 Å².